The van der Waals surface area contributed by atoms with Gasteiger partial charge in [0.05, 0.1) is 0 Å². The minimum absolute atomic E-state index is 0.00669. The van der Waals surface area contributed by atoms with Crippen molar-refractivity contribution in [2.45, 2.75) is 38.5 Å². The van der Waals surface area contributed by atoms with Gasteiger partial charge in [-0.3, -0.25) is 0 Å². The molecule has 2 aliphatic rings. The molecule has 5 aromatic carbocycles. The molecule has 7 rings (SSSR count). The summed E-state index contributed by atoms with van der Waals surface area (Å²) in [4.78, 5) is 0. The van der Waals surface area contributed by atoms with Crippen LogP contribution < -0.4 is 5.32 Å². The summed E-state index contributed by atoms with van der Waals surface area (Å²) >= 11 is 0. The van der Waals surface area contributed by atoms with Gasteiger partial charge in [-0.15, -0.1) is 0 Å². The molecule has 1 nitrogen and oxygen atoms in total. The molecule has 0 saturated heterocycles. The van der Waals surface area contributed by atoms with Gasteiger partial charge in [0.25, 0.3) is 0 Å². The van der Waals surface area contributed by atoms with Crippen molar-refractivity contribution in [2.24, 2.45) is 0 Å². The van der Waals surface area contributed by atoms with E-state index in [9.17, 15) is 0 Å². The van der Waals surface area contributed by atoms with Crippen LogP contribution in [-0.2, 0) is 10.8 Å². The summed E-state index contributed by atoms with van der Waals surface area (Å²) in [5.41, 5.74) is 13.4. The van der Waals surface area contributed by atoms with Gasteiger partial charge in [-0.25, -0.2) is 0 Å². The second kappa shape index (κ2) is 6.86. The van der Waals surface area contributed by atoms with Crippen LogP contribution in [0, 0.1) is 0 Å². The third kappa shape index (κ3) is 2.70. The Hall–Kier alpha value is -3.84. The fourth-order valence-corrected chi connectivity index (χ4v) is 6.59. The molecule has 0 aliphatic heterocycles. The predicted molar refractivity (Wildman–Crippen MR) is 149 cm³/mol. The maximum atomic E-state index is 3.84. The van der Waals surface area contributed by atoms with Crippen molar-refractivity contribution in [1.29, 1.82) is 0 Å². The van der Waals surface area contributed by atoms with Crippen molar-refractivity contribution in [3.05, 3.63) is 119 Å². The molecule has 0 heterocycles. The van der Waals surface area contributed by atoms with Gasteiger partial charge in [0.2, 0.25) is 0 Å². The highest BCUT2D eigenvalue weighted by Crippen LogP contribution is 2.53. The lowest BCUT2D eigenvalue weighted by Gasteiger charge is -2.24. The zero-order valence-corrected chi connectivity index (χ0v) is 20.7. The van der Waals surface area contributed by atoms with Crippen LogP contribution in [0.25, 0.3) is 33.0 Å². The standard InChI is InChI=1S/C34H29N/c1-33(2)27-15-9-7-11-22(27)23-18-17-21(19-29(23)33)35-31-20-30-32(25-13-6-5-12-24(25)31)26-14-8-10-16-28(26)34(30,3)4/h5-20,35H,1-4H3. The van der Waals surface area contributed by atoms with Crippen LogP contribution in [0.4, 0.5) is 11.4 Å². The lowest BCUT2D eigenvalue weighted by atomic mass is 9.81. The zero-order chi connectivity index (χ0) is 23.9. The third-order valence-corrected chi connectivity index (χ3v) is 8.45. The molecule has 0 saturated carbocycles. The molecular weight excluding hydrogens is 422 g/mol. The maximum Gasteiger partial charge on any atom is 0.0467 e. The third-order valence-electron chi connectivity index (χ3n) is 8.45. The van der Waals surface area contributed by atoms with Crippen LogP contribution in [0.1, 0.15) is 49.9 Å². The van der Waals surface area contributed by atoms with Gasteiger partial charge in [-0.1, -0.05) is 107 Å². The molecule has 5 aromatic rings. The van der Waals surface area contributed by atoms with E-state index in [0.29, 0.717) is 0 Å². The van der Waals surface area contributed by atoms with Gasteiger partial charge in [0.15, 0.2) is 0 Å². The molecule has 2 aliphatic carbocycles. The van der Waals surface area contributed by atoms with E-state index in [1.54, 1.807) is 0 Å². The smallest absolute Gasteiger partial charge is 0.0467 e. The lowest BCUT2D eigenvalue weighted by Crippen LogP contribution is -2.15. The Morgan fingerprint density at radius 3 is 1.83 bits per heavy atom. The molecule has 0 fully saturated rings. The van der Waals surface area contributed by atoms with Crippen LogP contribution in [-0.4, -0.2) is 0 Å². The van der Waals surface area contributed by atoms with E-state index in [1.807, 2.05) is 0 Å². The Bertz CT molecular complexity index is 1670. The Morgan fingerprint density at radius 2 is 1.06 bits per heavy atom. The summed E-state index contributed by atoms with van der Waals surface area (Å²) in [6.45, 7) is 9.38. The largest absolute Gasteiger partial charge is 0.355 e. The normalized spacial score (nSPS) is 15.9. The minimum Gasteiger partial charge on any atom is -0.355 e. The molecular formula is C34H29N. The van der Waals surface area contributed by atoms with E-state index in [4.69, 9.17) is 0 Å². The van der Waals surface area contributed by atoms with Crippen molar-refractivity contribution >= 4 is 22.1 Å². The number of fused-ring (bicyclic) bond motifs is 8. The molecule has 0 spiro atoms. The van der Waals surface area contributed by atoms with Crippen LogP contribution in [0.3, 0.4) is 0 Å². The van der Waals surface area contributed by atoms with Crippen molar-refractivity contribution in [1.82, 2.24) is 0 Å². The summed E-state index contributed by atoms with van der Waals surface area (Å²) in [7, 11) is 0. The van der Waals surface area contributed by atoms with Crippen molar-refractivity contribution in [3.8, 4) is 22.3 Å². The van der Waals surface area contributed by atoms with Crippen LogP contribution in [0.15, 0.2) is 97.1 Å². The number of anilines is 2. The lowest BCUT2D eigenvalue weighted by molar-refractivity contribution is 0.660. The zero-order valence-electron chi connectivity index (χ0n) is 20.7. The van der Waals surface area contributed by atoms with E-state index in [1.165, 1.54) is 61.0 Å². The molecule has 35 heavy (non-hydrogen) atoms. The van der Waals surface area contributed by atoms with Crippen LogP contribution in [0.5, 0.6) is 0 Å². The first-order chi connectivity index (χ1) is 16.9. The topological polar surface area (TPSA) is 12.0 Å². The van der Waals surface area contributed by atoms with Gasteiger partial charge >= 0.3 is 0 Å². The molecule has 0 bridgehead atoms. The van der Waals surface area contributed by atoms with Crippen molar-refractivity contribution < 1.29 is 0 Å². The highest BCUT2D eigenvalue weighted by atomic mass is 14.9. The number of hydrogen-bond acceptors (Lipinski definition) is 1. The van der Waals surface area contributed by atoms with E-state index < -0.39 is 0 Å². The summed E-state index contributed by atoms with van der Waals surface area (Å²) in [5, 5.41) is 6.42. The quantitative estimate of drug-likeness (QED) is 0.282. The summed E-state index contributed by atoms with van der Waals surface area (Å²) in [6.07, 6.45) is 0. The van der Waals surface area contributed by atoms with Gasteiger partial charge in [0, 0.05) is 27.6 Å². The highest BCUT2D eigenvalue weighted by molar-refractivity contribution is 6.08. The first-order valence-corrected chi connectivity index (χ1v) is 12.5. The average molecular weight is 452 g/mol. The Labute approximate surface area is 207 Å². The van der Waals surface area contributed by atoms with Gasteiger partial charge in [-0.05, 0) is 68.1 Å². The number of benzene rings is 5. The minimum atomic E-state index is -0.0338. The monoisotopic (exact) mass is 451 g/mol. The Morgan fingerprint density at radius 1 is 0.486 bits per heavy atom. The van der Waals surface area contributed by atoms with Gasteiger partial charge in [-0.2, -0.15) is 0 Å². The summed E-state index contributed by atoms with van der Waals surface area (Å²) in [6, 6.07) is 35.8. The van der Waals surface area contributed by atoms with Crippen LogP contribution in [0.2, 0.25) is 0 Å². The molecule has 0 amide bonds. The van der Waals surface area contributed by atoms with E-state index >= 15 is 0 Å². The molecule has 0 atom stereocenters. The number of rotatable bonds is 2. The second-order valence-corrected chi connectivity index (χ2v) is 11.1. The average Bonchev–Trinajstić information content (AvgIpc) is 3.24. The Balaban J connectivity index is 1.40. The molecule has 1 N–H and O–H groups in total. The van der Waals surface area contributed by atoms with Gasteiger partial charge < -0.3 is 5.32 Å². The molecule has 0 radical (unpaired) electrons. The van der Waals surface area contributed by atoms with Crippen molar-refractivity contribution in [3.63, 3.8) is 0 Å². The molecule has 0 unspecified atom stereocenters. The van der Waals surface area contributed by atoms with Crippen LogP contribution >= 0.6 is 0 Å². The number of hydrogen-bond donors (Lipinski definition) is 1. The maximum absolute atomic E-state index is 3.84. The molecule has 1 heteroatoms. The first kappa shape index (κ1) is 20.5. The summed E-state index contributed by atoms with van der Waals surface area (Å²) < 4.78 is 0. The van der Waals surface area contributed by atoms with E-state index in [2.05, 4.69) is 130 Å². The SMILES string of the molecule is CC1(C)c2ccccc2-c2ccc(Nc3cc4c(c5ccccc35)-c3ccccc3C4(C)C)cc21. The fourth-order valence-electron chi connectivity index (χ4n) is 6.59. The van der Waals surface area contributed by atoms with E-state index in [0.717, 1.165) is 5.69 Å². The Kier molecular flexibility index (Phi) is 4.02. The molecule has 0 aromatic heterocycles. The predicted octanol–water partition coefficient (Wildman–Crippen LogP) is 9.20. The second-order valence-electron chi connectivity index (χ2n) is 11.1. The summed E-state index contributed by atoms with van der Waals surface area (Å²) in [5.74, 6) is 0. The number of nitrogens with one attached hydrogen (secondary N) is 1. The van der Waals surface area contributed by atoms with E-state index in [-0.39, 0.29) is 10.8 Å². The molecule has 170 valence electrons. The highest BCUT2D eigenvalue weighted by Gasteiger charge is 2.37. The first-order valence-electron chi connectivity index (χ1n) is 12.5. The van der Waals surface area contributed by atoms with Gasteiger partial charge in [0.1, 0.15) is 0 Å². The fraction of sp³-hybridized carbons (Fsp3) is 0.176. The van der Waals surface area contributed by atoms with Crippen molar-refractivity contribution in [2.75, 3.05) is 5.32 Å².